The quantitative estimate of drug-likeness (QED) is 0.846. The summed E-state index contributed by atoms with van der Waals surface area (Å²) in [5, 5.41) is 3.77. The molecule has 1 aromatic heterocycles. The molecule has 0 aliphatic heterocycles. The smallest absolute Gasteiger partial charge is 0.222 e. The average Bonchev–Trinajstić information content (AvgIpc) is 2.18. The van der Waals surface area contributed by atoms with Crippen molar-refractivity contribution in [2.75, 3.05) is 17.3 Å². The fourth-order valence-electron chi connectivity index (χ4n) is 0.974. The minimum Gasteiger partial charge on any atom is -0.352 e. The van der Waals surface area contributed by atoms with E-state index in [1.54, 1.807) is 12.4 Å². The molecule has 5 heteroatoms. The van der Waals surface area contributed by atoms with Crippen molar-refractivity contribution in [3.8, 4) is 0 Å². The molecule has 1 aromatic rings. The van der Waals surface area contributed by atoms with Crippen LogP contribution >= 0.6 is 23.4 Å². The molecule has 0 aliphatic carbocycles. The maximum Gasteiger partial charge on any atom is 0.222 e. The average molecular weight is 232 g/mol. The van der Waals surface area contributed by atoms with Crippen LogP contribution in [0.5, 0.6) is 0 Å². The Balaban J connectivity index is 2.39. The maximum atomic E-state index is 5.68. The van der Waals surface area contributed by atoms with Crippen molar-refractivity contribution >= 4 is 29.3 Å². The lowest BCUT2D eigenvalue weighted by Crippen LogP contribution is -2.17. The molecule has 0 saturated heterocycles. The lowest BCUT2D eigenvalue weighted by atomic mass is 10.3. The number of halogens is 1. The molecule has 0 fully saturated rings. The van der Waals surface area contributed by atoms with Crippen LogP contribution in [0.3, 0.4) is 0 Å². The molecule has 0 aromatic carbocycles. The predicted octanol–water partition coefficient (Wildman–Crippen LogP) is 2.68. The molecule has 3 nitrogen and oxygen atoms in total. The third-order valence-corrected chi connectivity index (χ3v) is 2.59. The lowest BCUT2D eigenvalue weighted by Gasteiger charge is -2.12. The molecule has 78 valence electrons. The van der Waals surface area contributed by atoms with E-state index in [4.69, 9.17) is 11.6 Å². The minimum atomic E-state index is 0.392. The molecule has 1 rings (SSSR count). The molecular formula is C9H14ClN3S. The van der Waals surface area contributed by atoms with Gasteiger partial charge in [0, 0.05) is 6.04 Å². The highest BCUT2D eigenvalue weighted by atomic mass is 35.5. The van der Waals surface area contributed by atoms with Gasteiger partial charge in [0.1, 0.15) is 0 Å². The number of anilines is 1. The van der Waals surface area contributed by atoms with Gasteiger partial charge in [0.05, 0.1) is 17.4 Å². The number of thioether (sulfide) groups is 1. The molecule has 1 heterocycles. The summed E-state index contributed by atoms with van der Waals surface area (Å²) in [5.74, 6) is 1.78. The number of rotatable bonds is 5. The van der Waals surface area contributed by atoms with Crippen LogP contribution in [0.4, 0.5) is 5.95 Å². The van der Waals surface area contributed by atoms with E-state index in [0.29, 0.717) is 17.0 Å². The summed E-state index contributed by atoms with van der Waals surface area (Å²) >= 11 is 7.52. The molecular weight excluding hydrogens is 218 g/mol. The first-order valence-electron chi connectivity index (χ1n) is 4.45. The number of aromatic nitrogens is 2. The SMILES string of the molecule is CSCCC(C)Nc1ncc(Cl)cn1. The molecule has 0 saturated carbocycles. The van der Waals surface area contributed by atoms with Crippen molar-refractivity contribution in [2.45, 2.75) is 19.4 Å². The van der Waals surface area contributed by atoms with Gasteiger partial charge >= 0.3 is 0 Å². The molecule has 1 atom stereocenters. The zero-order valence-electron chi connectivity index (χ0n) is 8.33. The van der Waals surface area contributed by atoms with Gasteiger partial charge in [-0.3, -0.25) is 0 Å². The zero-order chi connectivity index (χ0) is 10.4. The van der Waals surface area contributed by atoms with Crippen LogP contribution in [-0.4, -0.2) is 28.0 Å². The van der Waals surface area contributed by atoms with Gasteiger partial charge in [-0.2, -0.15) is 11.8 Å². The van der Waals surface area contributed by atoms with Crippen molar-refractivity contribution in [3.63, 3.8) is 0 Å². The summed E-state index contributed by atoms with van der Waals surface area (Å²) in [7, 11) is 0. The predicted molar refractivity (Wildman–Crippen MR) is 63.1 cm³/mol. The third-order valence-electron chi connectivity index (χ3n) is 1.75. The monoisotopic (exact) mass is 231 g/mol. The van der Waals surface area contributed by atoms with Crippen molar-refractivity contribution in [3.05, 3.63) is 17.4 Å². The van der Waals surface area contributed by atoms with E-state index in [9.17, 15) is 0 Å². The number of nitrogens with zero attached hydrogens (tertiary/aromatic N) is 2. The van der Waals surface area contributed by atoms with Crippen molar-refractivity contribution in [2.24, 2.45) is 0 Å². The fraction of sp³-hybridized carbons (Fsp3) is 0.556. The first-order valence-corrected chi connectivity index (χ1v) is 6.22. The summed E-state index contributed by atoms with van der Waals surface area (Å²) in [5.41, 5.74) is 0. The standard InChI is InChI=1S/C9H14ClN3S/c1-7(3-4-14-2)13-9-11-5-8(10)6-12-9/h5-7H,3-4H2,1-2H3,(H,11,12,13). The molecule has 0 amide bonds. The first kappa shape index (κ1) is 11.6. The van der Waals surface area contributed by atoms with Crippen molar-refractivity contribution in [1.29, 1.82) is 0 Å². The van der Waals surface area contributed by atoms with Crippen LogP contribution in [0.25, 0.3) is 0 Å². The van der Waals surface area contributed by atoms with Gasteiger partial charge in [-0.15, -0.1) is 0 Å². The van der Waals surface area contributed by atoms with Gasteiger partial charge in [0.2, 0.25) is 5.95 Å². The van der Waals surface area contributed by atoms with Crippen LogP contribution in [0, 0.1) is 0 Å². The van der Waals surface area contributed by atoms with E-state index < -0.39 is 0 Å². The van der Waals surface area contributed by atoms with E-state index in [0.717, 1.165) is 12.2 Å². The number of hydrogen-bond acceptors (Lipinski definition) is 4. The van der Waals surface area contributed by atoms with Gasteiger partial charge in [-0.25, -0.2) is 9.97 Å². The first-order chi connectivity index (χ1) is 6.72. The second kappa shape index (κ2) is 6.09. The Kier molecular flexibility index (Phi) is 5.04. The summed E-state index contributed by atoms with van der Waals surface area (Å²) in [6.07, 6.45) is 6.40. The maximum absolute atomic E-state index is 5.68. The Morgan fingerprint density at radius 2 is 2.14 bits per heavy atom. The molecule has 0 bridgehead atoms. The fourth-order valence-corrected chi connectivity index (χ4v) is 1.66. The largest absolute Gasteiger partial charge is 0.352 e. The topological polar surface area (TPSA) is 37.8 Å². The molecule has 1 unspecified atom stereocenters. The molecule has 0 radical (unpaired) electrons. The Bertz CT molecular complexity index is 265. The number of hydrogen-bond donors (Lipinski definition) is 1. The molecule has 0 spiro atoms. The van der Waals surface area contributed by atoms with Crippen molar-refractivity contribution in [1.82, 2.24) is 9.97 Å². The van der Waals surface area contributed by atoms with Crippen LogP contribution in [-0.2, 0) is 0 Å². The Morgan fingerprint density at radius 1 is 1.50 bits per heavy atom. The van der Waals surface area contributed by atoms with Crippen LogP contribution in [0.15, 0.2) is 12.4 Å². The molecule has 1 N–H and O–H groups in total. The second-order valence-corrected chi connectivity index (χ2v) is 4.47. The summed E-state index contributed by atoms with van der Waals surface area (Å²) in [6, 6.07) is 0.392. The van der Waals surface area contributed by atoms with Crippen LogP contribution in [0.1, 0.15) is 13.3 Å². The van der Waals surface area contributed by atoms with Crippen molar-refractivity contribution < 1.29 is 0 Å². The van der Waals surface area contributed by atoms with Crippen LogP contribution in [0.2, 0.25) is 5.02 Å². The Morgan fingerprint density at radius 3 is 2.71 bits per heavy atom. The summed E-state index contributed by atoms with van der Waals surface area (Å²) in [4.78, 5) is 8.13. The second-order valence-electron chi connectivity index (χ2n) is 3.05. The van der Waals surface area contributed by atoms with E-state index in [2.05, 4.69) is 28.5 Å². The van der Waals surface area contributed by atoms with E-state index in [1.165, 1.54) is 0 Å². The highest BCUT2D eigenvalue weighted by Gasteiger charge is 2.02. The lowest BCUT2D eigenvalue weighted by molar-refractivity contribution is 0.760. The molecule has 0 aliphatic rings. The highest BCUT2D eigenvalue weighted by molar-refractivity contribution is 7.98. The highest BCUT2D eigenvalue weighted by Crippen LogP contribution is 2.08. The van der Waals surface area contributed by atoms with E-state index >= 15 is 0 Å². The minimum absolute atomic E-state index is 0.392. The van der Waals surface area contributed by atoms with Gasteiger partial charge in [0.25, 0.3) is 0 Å². The number of nitrogens with one attached hydrogen (secondary N) is 1. The van der Waals surface area contributed by atoms with Gasteiger partial charge < -0.3 is 5.32 Å². The van der Waals surface area contributed by atoms with Gasteiger partial charge in [0.15, 0.2) is 0 Å². The Hall–Kier alpha value is -0.480. The summed E-state index contributed by atoms with van der Waals surface area (Å²) in [6.45, 7) is 2.12. The van der Waals surface area contributed by atoms with Gasteiger partial charge in [-0.1, -0.05) is 11.6 Å². The summed E-state index contributed by atoms with van der Waals surface area (Å²) < 4.78 is 0. The van der Waals surface area contributed by atoms with E-state index in [1.807, 2.05) is 11.8 Å². The zero-order valence-corrected chi connectivity index (χ0v) is 9.90. The van der Waals surface area contributed by atoms with Crippen LogP contribution < -0.4 is 5.32 Å². The van der Waals surface area contributed by atoms with E-state index in [-0.39, 0.29) is 0 Å². The molecule has 14 heavy (non-hydrogen) atoms. The third kappa shape index (κ3) is 4.15. The van der Waals surface area contributed by atoms with Gasteiger partial charge in [-0.05, 0) is 25.4 Å². The Labute approximate surface area is 93.7 Å². The normalized spacial score (nSPS) is 12.5.